The van der Waals surface area contributed by atoms with Crippen molar-refractivity contribution in [1.82, 2.24) is 14.8 Å². The van der Waals surface area contributed by atoms with Gasteiger partial charge in [-0.25, -0.2) is 9.78 Å². The largest absolute Gasteiger partial charge is 0.478 e. The van der Waals surface area contributed by atoms with Gasteiger partial charge in [0.25, 0.3) is 0 Å². The van der Waals surface area contributed by atoms with Gasteiger partial charge < -0.3 is 5.11 Å². The minimum absolute atomic E-state index is 0.181. The van der Waals surface area contributed by atoms with Gasteiger partial charge in [0, 0.05) is 27.5 Å². The van der Waals surface area contributed by atoms with E-state index in [1.54, 1.807) is 17.9 Å². The number of aromatic nitrogens is 3. The van der Waals surface area contributed by atoms with Crippen LogP contribution in [0.3, 0.4) is 0 Å². The van der Waals surface area contributed by atoms with Gasteiger partial charge in [0.05, 0.1) is 17.1 Å². The molecule has 0 fully saturated rings. The number of benzene rings is 1. The maximum Gasteiger partial charge on any atom is 0.338 e. The van der Waals surface area contributed by atoms with Gasteiger partial charge in [0.15, 0.2) is 5.65 Å². The standard InChI is InChI=1S/C14H10BrN3O2S/c1-18-13-10(7-17-18)12(11(6-16-13)14(19)20)21-9-4-2-3-8(15)5-9/h2-7H,1H3,(H,19,20). The Labute approximate surface area is 133 Å². The van der Waals surface area contributed by atoms with Crippen LogP contribution >= 0.6 is 27.7 Å². The van der Waals surface area contributed by atoms with Gasteiger partial charge in [-0.2, -0.15) is 5.10 Å². The lowest BCUT2D eigenvalue weighted by Gasteiger charge is -2.07. The van der Waals surface area contributed by atoms with Gasteiger partial charge in [-0.1, -0.05) is 33.8 Å². The van der Waals surface area contributed by atoms with Crippen molar-refractivity contribution in [3.05, 3.63) is 46.7 Å². The lowest BCUT2D eigenvalue weighted by atomic mass is 10.2. The van der Waals surface area contributed by atoms with Crippen molar-refractivity contribution in [2.45, 2.75) is 9.79 Å². The quantitative estimate of drug-likeness (QED) is 0.770. The Balaban J connectivity index is 2.18. The fourth-order valence-corrected chi connectivity index (χ4v) is 3.61. The average Bonchev–Trinajstić information content (AvgIpc) is 2.81. The highest BCUT2D eigenvalue weighted by atomic mass is 79.9. The molecule has 3 rings (SSSR count). The second kappa shape index (κ2) is 5.50. The predicted octanol–water partition coefficient (Wildman–Crippen LogP) is 3.58. The molecule has 0 amide bonds. The molecule has 2 heterocycles. The zero-order chi connectivity index (χ0) is 15.0. The van der Waals surface area contributed by atoms with E-state index in [-0.39, 0.29) is 5.56 Å². The number of carboxylic acid groups (broad SMARTS) is 1. The monoisotopic (exact) mass is 363 g/mol. The van der Waals surface area contributed by atoms with Crippen molar-refractivity contribution < 1.29 is 9.90 Å². The van der Waals surface area contributed by atoms with Crippen LogP contribution in [0.4, 0.5) is 0 Å². The number of hydrogen-bond donors (Lipinski definition) is 1. The van der Waals surface area contributed by atoms with Crippen LogP contribution < -0.4 is 0 Å². The van der Waals surface area contributed by atoms with Crippen LogP contribution in [-0.2, 0) is 7.05 Å². The molecule has 0 unspecified atom stereocenters. The van der Waals surface area contributed by atoms with Crippen molar-refractivity contribution in [2.75, 3.05) is 0 Å². The summed E-state index contributed by atoms with van der Waals surface area (Å²) in [7, 11) is 1.78. The molecule has 0 spiro atoms. The maximum absolute atomic E-state index is 11.4. The first kappa shape index (κ1) is 14.1. The number of hydrogen-bond acceptors (Lipinski definition) is 4. The molecule has 106 valence electrons. The molecule has 1 aromatic carbocycles. The van der Waals surface area contributed by atoms with Crippen molar-refractivity contribution in [3.8, 4) is 0 Å². The van der Waals surface area contributed by atoms with Crippen LogP contribution in [0.1, 0.15) is 10.4 Å². The number of pyridine rings is 1. The van der Waals surface area contributed by atoms with Crippen LogP contribution in [0.25, 0.3) is 11.0 Å². The van der Waals surface area contributed by atoms with Crippen LogP contribution in [-0.4, -0.2) is 25.8 Å². The maximum atomic E-state index is 11.4. The van der Waals surface area contributed by atoms with Crippen molar-refractivity contribution in [2.24, 2.45) is 7.05 Å². The third kappa shape index (κ3) is 2.66. The first-order valence-electron chi connectivity index (χ1n) is 6.03. The highest BCUT2D eigenvalue weighted by molar-refractivity contribution is 9.10. The van der Waals surface area contributed by atoms with Crippen LogP contribution in [0.5, 0.6) is 0 Å². The summed E-state index contributed by atoms with van der Waals surface area (Å²) in [6.45, 7) is 0. The number of carboxylic acids is 1. The Morgan fingerprint density at radius 3 is 2.90 bits per heavy atom. The molecule has 0 radical (unpaired) electrons. The van der Waals surface area contributed by atoms with Crippen LogP contribution in [0, 0.1) is 0 Å². The summed E-state index contributed by atoms with van der Waals surface area (Å²) in [6, 6.07) is 7.71. The van der Waals surface area contributed by atoms with E-state index < -0.39 is 5.97 Å². The summed E-state index contributed by atoms with van der Waals surface area (Å²) < 4.78 is 2.58. The highest BCUT2D eigenvalue weighted by Crippen LogP contribution is 2.36. The molecule has 0 aliphatic heterocycles. The topological polar surface area (TPSA) is 68.0 Å². The molecule has 5 nitrogen and oxygen atoms in total. The lowest BCUT2D eigenvalue weighted by molar-refractivity contribution is 0.0693. The second-order valence-corrected chi connectivity index (χ2v) is 6.37. The minimum Gasteiger partial charge on any atom is -0.478 e. The zero-order valence-electron chi connectivity index (χ0n) is 10.9. The SMILES string of the molecule is Cn1ncc2c(Sc3cccc(Br)c3)c(C(=O)O)cnc21. The molecule has 0 aliphatic rings. The molecule has 0 aliphatic carbocycles. The molecule has 3 aromatic rings. The molecule has 0 saturated carbocycles. The van der Waals surface area contributed by atoms with E-state index in [2.05, 4.69) is 26.0 Å². The van der Waals surface area contributed by atoms with E-state index in [1.165, 1.54) is 18.0 Å². The Bertz CT molecular complexity index is 847. The van der Waals surface area contributed by atoms with E-state index in [4.69, 9.17) is 0 Å². The number of fused-ring (bicyclic) bond motifs is 1. The number of carbonyl (C=O) groups is 1. The zero-order valence-corrected chi connectivity index (χ0v) is 13.3. The Morgan fingerprint density at radius 2 is 2.19 bits per heavy atom. The smallest absolute Gasteiger partial charge is 0.338 e. The minimum atomic E-state index is -0.995. The van der Waals surface area contributed by atoms with Gasteiger partial charge in [-0.3, -0.25) is 4.68 Å². The van der Waals surface area contributed by atoms with E-state index in [9.17, 15) is 9.90 Å². The summed E-state index contributed by atoms with van der Waals surface area (Å²) in [6.07, 6.45) is 3.03. The number of aryl methyl sites for hydroxylation is 1. The summed E-state index contributed by atoms with van der Waals surface area (Å²) >= 11 is 4.81. The van der Waals surface area contributed by atoms with Gasteiger partial charge >= 0.3 is 5.97 Å². The van der Waals surface area contributed by atoms with E-state index in [1.807, 2.05) is 24.3 Å². The first-order chi connectivity index (χ1) is 10.1. The average molecular weight is 364 g/mol. The molecule has 2 aromatic heterocycles. The van der Waals surface area contributed by atoms with Crippen LogP contribution in [0.15, 0.2) is 50.9 Å². The van der Waals surface area contributed by atoms with Crippen molar-refractivity contribution >= 4 is 44.7 Å². The summed E-state index contributed by atoms with van der Waals surface area (Å²) in [5, 5.41) is 14.3. The molecular formula is C14H10BrN3O2S. The second-order valence-electron chi connectivity index (χ2n) is 4.37. The summed E-state index contributed by atoms with van der Waals surface area (Å²) in [5.74, 6) is -0.995. The molecule has 1 N–H and O–H groups in total. The van der Waals surface area contributed by atoms with E-state index >= 15 is 0 Å². The van der Waals surface area contributed by atoms with Gasteiger partial charge in [0.2, 0.25) is 0 Å². The number of aromatic carboxylic acids is 1. The van der Waals surface area contributed by atoms with Gasteiger partial charge in [-0.15, -0.1) is 0 Å². The number of halogens is 1. The highest BCUT2D eigenvalue weighted by Gasteiger charge is 2.18. The Morgan fingerprint density at radius 1 is 1.38 bits per heavy atom. The van der Waals surface area contributed by atoms with Crippen molar-refractivity contribution in [3.63, 3.8) is 0 Å². The van der Waals surface area contributed by atoms with Gasteiger partial charge in [0.1, 0.15) is 0 Å². The molecule has 0 bridgehead atoms. The van der Waals surface area contributed by atoms with Crippen LogP contribution in [0.2, 0.25) is 0 Å². The summed E-state index contributed by atoms with van der Waals surface area (Å²) in [5.41, 5.74) is 0.845. The normalized spacial score (nSPS) is 11.0. The Kier molecular flexibility index (Phi) is 3.69. The first-order valence-corrected chi connectivity index (χ1v) is 7.64. The summed E-state index contributed by atoms with van der Waals surface area (Å²) in [4.78, 5) is 17.2. The van der Waals surface area contributed by atoms with Crippen molar-refractivity contribution in [1.29, 1.82) is 0 Å². The molecule has 21 heavy (non-hydrogen) atoms. The van der Waals surface area contributed by atoms with Gasteiger partial charge in [-0.05, 0) is 18.2 Å². The molecule has 0 saturated heterocycles. The third-order valence-corrected chi connectivity index (χ3v) is 4.59. The predicted molar refractivity (Wildman–Crippen MR) is 83.7 cm³/mol. The number of rotatable bonds is 3. The van der Waals surface area contributed by atoms with E-state index in [0.29, 0.717) is 10.5 Å². The lowest BCUT2D eigenvalue weighted by Crippen LogP contribution is -2.01. The molecule has 7 heteroatoms. The third-order valence-electron chi connectivity index (χ3n) is 2.96. The molecule has 0 atom stereocenters. The number of nitrogens with zero attached hydrogens (tertiary/aromatic N) is 3. The van der Waals surface area contributed by atoms with E-state index in [0.717, 1.165) is 14.8 Å². The fourth-order valence-electron chi connectivity index (χ4n) is 1.98. The molecular weight excluding hydrogens is 354 g/mol. The fraction of sp³-hybridized carbons (Fsp3) is 0.0714. The Hall–Kier alpha value is -1.86.